The first-order valence-corrected chi connectivity index (χ1v) is 16.2. The molecule has 7 heteroatoms. The summed E-state index contributed by atoms with van der Waals surface area (Å²) in [6, 6.07) is 0. The summed E-state index contributed by atoms with van der Waals surface area (Å²) < 4.78 is 26.4. The first-order chi connectivity index (χ1) is 19.2. The van der Waals surface area contributed by atoms with E-state index in [-0.39, 0.29) is 25.2 Å². The maximum Gasteiger partial charge on any atom is 0.332 e. The van der Waals surface area contributed by atoms with E-state index in [0.717, 1.165) is 25.7 Å². The summed E-state index contributed by atoms with van der Waals surface area (Å²) in [5.41, 5.74) is 0. The molecule has 0 aromatic rings. The normalized spacial score (nSPS) is 11.1. The molecule has 0 bridgehead atoms. The predicted molar refractivity (Wildman–Crippen MR) is 158 cm³/mol. The second kappa shape index (κ2) is 33.0. The second-order valence-corrected chi connectivity index (χ2v) is 10.5. The molecular formula is C32H62O7. The standard InChI is InChI=1S/C32H62O7/c1-3-5-7-9-11-13-15-17-19-21-23-38-31(33)29-36-27-25-35-26-28-37-30-32(34)39-24-22-20-18-16-14-12-10-8-6-4-2/h3-30H2,1-2H3. The Morgan fingerprint density at radius 3 is 0.974 bits per heavy atom. The van der Waals surface area contributed by atoms with Crippen LogP contribution in [0.15, 0.2) is 0 Å². The lowest BCUT2D eigenvalue weighted by molar-refractivity contribution is -0.149. The highest BCUT2D eigenvalue weighted by molar-refractivity contribution is 5.70. The molecule has 39 heavy (non-hydrogen) atoms. The minimum absolute atomic E-state index is 0.0531. The van der Waals surface area contributed by atoms with E-state index >= 15 is 0 Å². The molecule has 0 heterocycles. The molecule has 0 saturated heterocycles. The lowest BCUT2D eigenvalue weighted by Gasteiger charge is -2.08. The number of hydrogen-bond donors (Lipinski definition) is 0. The van der Waals surface area contributed by atoms with Gasteiger partial charge in [0, 0.05) is 0 Å². The average Bonchev–Trinajstić information content (AvgIpc) is 2.93. The third kappa shape index (κ3) is 32.9. The highest BCUT2D eigenvalue weighted by atomic mass is 16.6. The molecule has 0 saturated carbocycles. The monoisotopic (exact) mass is 558 g/mol. The molecule has 0 rings (SSSR count). The topological polar surface area (TPSA) is 80.3 Å². The van der Waals surface area contributed by atoms with Crippen LogP contribution in [0.5, 0.6) is 0 Å². The van der Waals surface area contributed by atoms with Crippen molar-refractivity contribution in [2.24, 2.45) is 0 Å². The van der Waals surface area contributed by atoms with Crippen molar-refractivity contribution in [2.75, 3.05) is 52.9 Å². The number of ether oxygens (including phenoxy) is 5. The van der Waals surface area contributed by atoms with Crippen LogP contribution in [0.4, 0.5) is 0 Å². The minimum atomic E-state index is -0.328. The highest BCUT2D eigenvalue weighted by Gasteiger charge is 2.04. The van der Waals surface area contributed by atoms with E-state index in [1.807, 2.05) is 0 Å². The Labute approximate surface area is 240 Å². The lowest BCUT2D eigenvalue weighted by Crippen LogP contribution is -2.18. The molecule has 0 N–H and O–H groups in total. The molecule has 0 atom stereocenters. The van der Waals surface area contributed by atoms with E-state index < -0.39 is 0 Å². The number of rotatable bonds is 32. The van der Waals surface area contributed by atoms with E-state index in [4.69, 9.17) is 23.7 Å². The molecule has 0 fully saturated rings. The Morgan fingerprint density at radius 2 is 0.641 bits per heavy atom. The number of carbonyl (C=O) groups excluding carboxylic acids is 2. The van der Waals surface area contributed by atoms with E-state index in [1.165, 1.54) is 103 Å². The van der Waals surface area contributed by atoms with Gasteiger partial charge in [0.15, 0.2) is 0 Å². The van der Waals surface area contributed by atoms with Crippen molar-refractivity contribution in [1.29, 1.82) is 0 Å². The third-order valence-electron chi connectivity index (χ3n) is 6.71. The van der Waals surface area contributed by atoms with Crippen LogP contribution in [-0.4, -0.2) is 64.8 Å². The predicted octanol–water partition coefficient (Wildman–Crippen LogP) is 7.96. The van der Waals surface area contributed by atoms with Gasteiger partial charge in [-0.25, -0.2) is 9.59 Å². The largest absolute Gasteiger partial charge is 0.464 e. The summed E-state index contributed by atoms with van der Waals surface area (Å²) in [6.07, 6.45) is 25.1. The van der Waals surface area contributed by atoms with Crippen molar-refractivity contribution in [1.82, 2.24) is 0 Å². The van der Waals surface area contributed by atoms with Crippen molar-refractivity contribution in [3.8, 4) is 0 Å². The van der Waals surface area contributed by atoms with Crippen molar-refractivity contribution in [3.05, 3.63) is 0 Å². The van der Waals surface area contributed by atoms with E-state index in [0.29, 0.717) is 39.6 Å². The van der Waals surface area contributed by atoms with Crippen molar-refractivity contribution in [3.63, 3.8) is 0 Å². The van der Waals surface area contributed by atoms with Gasteiger partial charge in [-0.15, -0.1) is 0 Å². The zero-order valence-corrected chi connectivity index (χ0v) is 25.7. The summed E-state index contributed by atoms with van der Waals surface area (Å²) in [5.74, 6) is -0.656. The van der Waals surface area contributed by atoms with Crippen molar-refractivity contribution >= 4 is 11.9 Å². The Bertz CT molecular complexity index is 469. The fourth-order valence-electron chi connectivity index (χ4n) is 4.28. The van der Waals surface area contributed by atoms with Crippen LogP contribution in [0.25, 0.3) is 0 Å². The van der Waals surface area contributed by atoms with Crippen LogP contribution in [0, 0.1) is 0 Å². The number of carbonyl (C=O) groups is 2. The van der Waals surface area contributed by atoms with Gasteiger partial charge in [-0.2, -0.15) is 0 Å². The van der Waals surface area contributed by atoms with E-state index in [9.17, 15) is 9.59 Å². The zero-order valence-electron chi connectivity index (χ0n) is 25.7. The van der Waals surface area contributed by atoms with E-state index in [2.05, 4.69) is 13.8 Å². The Morgan fingerprint density at radius 1 is 0.359 bits per heavy atom. The summed E-state index contributed by atoms with van der Waals surface area (Å²) in [5, 5.41) is 0. The molecule has 232 valence electrons. The van der Waals surface area contributed by atoms with Crippen LogP contribution in [0.2, 0.25) is 0 Å². The van der Waals surface area contributed by atoms with Gasteiger partial charge in [-0.3, -0.25) is 0 Å². The molecule has 0 unspecified atom stereocenters. The van der Waals surface area contributed by atoms with Gasteiger partial charge < -0.3 is 23.7 Å². The van der Waals surface area contributed by atoms with Crippen LogP contribution >= 0.6 is 0 Å². The molecule has 0 aliphatic rings. The van der Waals surface area contributed by atoms with Gasteiger partial charge in [0.25, 0.3) is 0 Å². The number of esters is 2. The number of unbranched alkanes of at least 4 members (excludes halogenated alkanes) is 18. The van der Waals surface area contributed by atoms with Gasteiger partial charge >= 0.3 is 11.9 Å². The third-order valence-corrected chi connectivity index (χ3v) is 6.71. The Hall–Kier alpha value is -1.18. The summed E-state index contributed by atoms with van der Waals surface area (Å²) in [7, 11) is 0. The quantitative estimate of drug-likeness (QED) is 0.0612. The van der Waals surface area contributed by atoms with Crippen LogP contribution in [0.3, 0.4) is 0 Å². The van der Waals surface area contributed by atoms with Crippen LogP contribution in [-0.2, 0) is 33.3 Å². The van der Waals surface area contributed by atoms with Crippen molar-refractivity contribution in [2.45, 2.75) is 142 Å². The molecule has 0 spiro atoms. The average molecular weight is 559 g/mol. The first-order valence-electron chi connectivity index (χ1n) is 16.2. The summed E-state index contributed by atoms with van der Waals surface area (Å²) in [4.78, 5) is 23.4. The maximum absolute atomic E-state index is 11.7. The second-order valence-electron chi connectivity index (χ2n) is 10.5. The van der Waals surface area contributed by atoms with Gasteiger partial charge in [0.2, 0.25) is 0 Å². The molecule has 7 nitrogen and oxygen atoms in total. The molecular weight excluding hydrogens is 496 g/mol. The van der Waals surface area contributed by atoms with Gasteiger partial charge in [0.1, 0.15) is 13.2 Å². The molecule has 0 aromatic carbocycles. The summed E-state index contributed by atoms with van der Waals surface area (Å²) in [6.45, 7) is 6.66. The van der Waals surface area contributed by atoms with Gasteiger partial charge in [0.05, 0.1) is 39.6 Å². The highest BCUT2D eigenvalue weighted by Crippen LogP contribution is 2.11. The smallest absolute Gasteiger partial charge is 0.332 e. The van der Waals surface area contributed by atoms with Crippen LogP contribution < -0.4 is 0 Å². The molecule has 0 aliphatic carbocycles. The molecule has 0 amide bonds. The lowest BCUT2D eigenvalue weighted by atomic mass is 10.1. The van der Waals surface area contributed by atoms with Crippen LogP contribution in [0.1, 0.15) is 142 Å². The Balaban J connectivity index is 3.24. The Kier molecular flexibility index (Phi) is 32.0. The molecule has 0 aromatic heterocycles. The van der Waals surface area contributed by atoms with E-state index in [1.54, 1.807) is 0 Å². The molecule has 0 radical (unpaired) electrons. The van der Waals surface area contributed by atoms with Gasteiger partial charge in [-0.05, 0) is 12.8 Å². The first kappa shape index (κ1) is 37.8. The minimum Gasteiger partial charge on any atom is -0.464 e. The zero-order chi connectivity index (χ0) is 28.5. The summed E-state index contributed by atoms with van der Waals surface area (Å²) >= 11 is 0. The maximum atomic E-state index is 11.7. The fourth-order valence-corrected chi connectivity index (χ4v) is 4.28. The molecule has 0 aliphatic heterocycles. The fraction of sp³-hybridized carbons (Fsp3) is 0.938. The SMILES string of the molecule is CCCCCCCCCCCCOC(=O)COCCOCCOCC(=O)OCCCCCCCCCCCC. The van der Waals surface area contributed by atoms with Gasteiger partial charge in [-0.1, -0.05) is 129 Å². The van der Waals surface area contributed by atoms with Crippen molar-refractivity contribution < 1.29 is 33.3 Å². The number of hydrogen-bond acceptors (Lipinski definition) is 7.